The summed E-state index contributed by atoms with van der Waals surface area (Å²) in [6.45, 7) is 1.90. The topological polar surface area (TPSA) is 88.3 Å². The van der Waals surface area contributed by atoms with Crippen molar-refractivity contribution in [3.05, 3.63) is 80.0 Å². The number of primary amides is 1. The van der Waals surface area contributed by atoms with Crippen LogP contribution in [0.25, 0.3) is 0 Å². The van der Waals surface area contributed by atoms with Gasteiger partial charge in [0.15, 0.2) is 0 Å². The molecule has 2 heterocycles. The minimum Gasteiger partial charge on any atom is -0.378 e. The van der Waals surface area contributed by atoms with E-state index in [1.165, 1.54) is 24.3 Å². The Morgan fingerprint density at radius 2 is 1.17 bits per heavy atom. The highest BCUT2D eigenvalue weighted by molar-refractivity contribution is 9.11. The van der Waals surface area contributed by atoms with Crippen LogP contribution in [-0.2, 0) is 36.8 Å². The molecule has 1 atom stereocenters. The molecule has 0 aromatic heterocycles. The number of benzene rings is 3. The summed E-state index contributed by atoms with van der Waals surface area (Å²) in [5.41, 5.74) is -0.696. The van der Waals surface area contributed by atoms with Gasteiger partial charge in [-0.1, -0.05) is 25.0 Å². The van der Waals surface area contributed by atoms with Crippen molar-refractivity contribution < 1.29 is 49.8 Å². The summed E-state index contributed by atoms with van der Waals surface area (Å²) in [6, 6.07) is 8.77. The van der Waals surface area contributed by atoms with E-state index in [-0.39, 0.29) is 78.5 Å². The number of hydrogen-bond acceptors (Lipinski definition) is 6. The third kappa shape index (κ3) is 8.10. The molecule has 3 aromatic carbocycles. The van der Waals surface area contributed by atoms with Crippen molar-refractivity contribution in [3.63, 3.8) is 0 Å². The predicted octanol–water partition coefficient (Wildman–Crippen LogP) is 8.73. The fraction of sp³-hybridized carbons (Fsp3) is 0.459. The van der Waals surface area contributed by atoms with Gasteiger partial charge in [0.25, 0.3) is 0 Å². The minimum atomic E-state index is -5.20. The van der Waals surface area contributed by atoms with Crippen molar-refractivity contribution in [1.29, 1.82) is 0 Å². The monoisotopic (exact) mass is 892 g/mol. The summed E-state index contributed by atoms with van der Waals surface area (Å²) in [7, 11) is 0. The van der Waals surface area contributed by atoms with Crippen LogP contribution < -0.4 is 20.4 Å². The molecule has 6 rings (SSSR count). The van der Waals surface area contributed by atoms with E-state index in [1.54, 1.807) is 9.80 Å². The van der Waals surface area contributed by atoms with Crippen molar-refractivity contribution in [2.24, 2.45) is 11.7 Å². The van der Waals surface area contributed by atoms with Crippen LogP contribution >= 0.6 is 31.9 Å². The standard InChI is InChI=1S/C37H37Br2F7N4O4/c38-29-19-25(48-9-13-53-14-10-48)17-27(36(41,42)43)32(29)50(33-28(37(44,45)46)18-26(20-30(33)39)49-11-15-54-16-12-49)34(52)35(21-31(47)51,22-3-1-2-4-22)23-5-7-24(40)8-6-23/h5-8,17-20,22H,1-4,9-16,21H2,(H2,47,51). The van der Waals surface area contributed by atoms with Gasteiger partial charge in [-0.05, 0) is 92.6 Å². The second-order valence-corrected chi connectivity index (χ2v) is 15.3. The molecule has 0 radical (unpaired) electrons. The molecule has 3 fully saturated rings. The number of anilines is 4. The van der Waals surface area contributed by atoms with E-state index in [2.05, 4.69) is 31.9 Å². The van der Waals surface area contributed by atoms with Crippen LogP contribution in [0.5, 0.6) is 0 Å². The highest BCUT2D eigenvalue weighted by Crippen LogP contribution is 2.55. The van der Waals surface area contributed by atoms with Gasteiger partial charge in [-0.15, -0.1) is 0 Å². The fourth-order valence-electron chi connectivity index (χ4n) is 7.88. The zero-order valence-corrected chi connectivity index (χ0v) is 32.0. The van der Waals surface area contributed by atoms with E-state index in [9.17, 15) is 9.18 Å². The first-order valence-electron chi connectivity index (χ1n) is 17.4. The van der Waals surface area contributed by atoms with Gasteiger partial charge >= 0.3 is 12.4 Å². The number of rotatable bonds is 9. The number of carbonyl (C=O) groups excluding carboxylic acids is 2. The number of ether oxygens (including phenoxy) is 2. The van der Waals surface area contributed by atoms with E-state index in [1.807, 2.05) is 0 Å². The molecular weight excluding hydrogens is 857 g/mol. The van der Waals surface area contributed by atoms with Crippen molar-refractivity contribution in [2.45, 2.75) is 49.9 Å². The molecule has 1 aliphatic carbocycles. The molecule has 1 unspecified atom stereocenters. The highest BCUT2D eigenvalue weighted by atomic mass is 79.9. The molecule has 3 aromatic rings. The maximum absolute atomic E-state index is 15.8. The average Bonchev–Trinajstić information content (AvgIpc) is 3.67. The van der Waals surface area contributed by atoms with Crippen molar-refractivity contribution in [3.8, 4) is 0 Å². The molecule has 17 heteroatoms. The normalized spacial score (nSPS) is 18.5. The van der Waals surface area contributed by atoms with Crippen molar-refractivity contribution in [1.82, 2.24) is 0 Å². The number of hydrogen-bond donors (Lipinski definition) is 1. The zero-order valence-electron chi connectivity index (χ0n) is 28.8. The first-order chi connectivity index (χ1) is 25.5. The van der Waals surface area contributed by atoms with E-state index < -0.39 is 70.2 Å². The Balaban J connectivity index is 1.71. The van der Waals surface area contributed by atoms with Crippen LogP contribution in [0.15, 0.2) is 57.5 Å². The molecule has 54 heavy (non-hydrogen) atoms. The van der Waals surface area contributed by atoms with Crippen molar-refractivity contribution in [2.75, 3.05) is 67.3 Å². The smallest absolute Gasteiger partial charge is 0.378 e. The Bertz CT molecular complexity index is 1780. The SMILES string of the molecule is NC(=O)CC(C(=O)N(c1c(Br)cc(N2CCOCC2)cc1C(F)(F)F)c1c(Br)cc(N2CCOCC2)cc1C(F)(F)F)(c1ccc(F)cc1)C1CCCC1. The van der Waals surface area contributed by atoms with Gasteiger partial charge < -0.3 is 25.0 Å². The zero-order chi connectivity index (χ0) is 39.0. The lowest BCUT2D eigenvalue weighted by Crippen LogP contribution is -2.52. The van der Waals surface area contributed by atoms with Gasteiger partial charge in [-0.25, -0.2) is 4.39 Å². The Labute approximate surface area is 324 Å². The van der Waals surface area contributed by atoms with Gasteiger partial charge in [0.05, 0.1) is 54.3 Å². The first-order valence-corrected chi connectivity index (χ1v) is 19.0. The number of halogens is 9. The molecule has 2 saturated heterocycles. The number of morpholine rings is 2. The van der Waals surface area contributed by atoms with Crippen LogP contribution in [0, 0.1) is 11.7 Å². The summed E-state index contributed by atoms with van der Waals surface area (Å²) in [4.78, 5) is 32.5. The Morgan fingerprint density at radius 1 is 0.741 bits per heavy atom. The fourth-order valence-corrected chi connectivity index (χ4v) is 9.13. The Hall–Kier alpha value is -3.41. The molecule has 0 spiro atoms. The third-order valence-electron chi connectivity index (χ3n) is 10.4. The molecule has 8 nitrogen and oxygen atoms in total. The molecule has 0 bridgehead atoms. The van der Waals surface area contributed by atoms with Crippen LogP contribution in [0.1, 0.15) is 48.8 Å². The maximum Gasteiger partial charge on any atom is 0.418 e. The molecule has 292 valence electrons. The van der Waals surface area contributed by atoms with E-state index in [0.717, 1.165) is 24.3 Å². The molecule has 2 aliphatic heterocycles. The molecule has 2 N–H and O–H groups in total. The van der Waals surface area contributed by atoms with E-state index in [0.29, 0.717) is 30.6 Å². The summed E-state index contributed by atoms with van der Waals surface area (Å²) in [5.74, 6) is -3.73. The summed E-state index contributed by atoms with van der Waals surface area (Å²) >= 11 is 6.51. The number of amides is 2. The number of carbonyl (C=O) groups is 2. The molecular formula is C37H37Br2F7N4O4. The van der Waals surface area contributed by atoms with Gasteiger partial charge in [-0.2, -0.15) is 26.3 Å². The lowest BCUT2D eigenvalue weighted by Gasteiger charge is -2.43. The van der Waals surface area contributed by atoms with E-state index in [4.69, 9.17) is 15.2 Å². The lowest BCUT2D eigenvalue weighted by atomic mass is 9.65. The van der Waals surface area contributed by atoms with Crippen LogP contribution in [0.2, 0.25) is 0 Å². The second kappa shape index (κ2) is 16.0. The third-order valence-corrected chi connectivity index (χ3v) is 11.6. The first kappa shape index (κ1) is 40.3. The Kier molecular flexibility index (Phi) is 11.9. The average molecular weight is 895 g/mol. The largest absolute Gasteiger partial charge is 0.418 e. The van der Waals surface area contributed by atoms with Gasteiger partial charge in [0, 0.05) is 52.9 Å². The summed E-state index contributed by atoms with van der Waals surface area (Å²) in [5, 5.41) is 0. The van der Waals surface area contributed by atoms with E-state index >= 15 is 31.1 Å². The number of nitrogens with zero attached hydrogens (tertiary/aromatic N) is 3. The maximum atomic E-state index is 15.8. The highest BCUT2D eigenvalue weighted by Gasteiger charge is 2.54. The summed E-state index contributed by atoms with van der Waals surface area (Å²) in [6.07, 6.45) is -9.43. The Morgan fingerprint density at radius 3 is 1.56 bits per heavy atom. The molecule has 3 aliphatic rings. The van der Waals surface area contributed by atoms with Crippen LogP contribution in [0.4, 0.5) is 53.5 Å². The van der Waals surface area contributed by atoms with Crippen LogP contribution in [-0.4, -0.2) is 64.4 Å². The lowest BCUT2D eigenvalue weighted by molar-refractivity contribution is -0.137. The number of alkyl halides is 6. The minimum absolute atomic E-state index is 0.0360. The van der Waals surface area contributed by atoms with Gasteiger partial charge in [0.1, 0.15) is 5.82 Å². The quantitative estimate of drug-likeness (QED) is 0.217. The van der Waals surface area contributed by atoms with Crippen LogP contribution in [0.3, 0.4) is 0 Å². The molecule has 1 saturated carbocycles. The van der Waals surface area contributed by atoms with Gasteiger partial charge in [-0.3, -0.25) is 14.5 Å². The number of nitrogens with two attached hydrogens (primary N) is 1. The van der Waals surface area contributed by atoms with Crippen molar-refractivity contribution >= 4 is 66.4 Å². The predicted molar refractivity (Wildman–Crippen MR) is 195 cm³/mol. The van der Waals surface area contributed by atoms with Gasteiger partial charge in [0.2, 0.25) is 11.8 Å². The second-order valence-electron chi connectivity index (χ2n) is 13.6. The summed E-state index contributed by atoms with van der Waals surface area (Å²) < 4.78 is 117. The molecule has 2 amide bonds.